The van der Waals surface area contributed by atoms with E-state index in [4.69, 9.17) is 22.1 Å². The molecule has 0 bridgehead atoms. The van der Waals surface area contributed by atoms with Crippen molar-refractivity contribution in [1.82, 2.24) is 4.90 Å². The van der Waals surface area contributed by atoms with Crippen LogP contribution in [0.5, 0.6) is 0 Å². The number of hydrogen-bond acceptors (Lipinski definition) is 4. The van der Waals surface area contributed by atoms with E-state index in [1.165, 1.54) is 6.07 Å². The number of rotatable bonds is 3. The third kappa shape index (κ3) is 4.11. The Kier molecular flexibility index (Phi) is 5.44. The van der Waals surface area contributed by atoms with Crippen molar-refractivity contribution in [3.05, 3.63) is 28.8 Å². The molecule has 2 rings (SSSR count). The Bertz CT molecular complexity index is 526. The number of benzene rings is 1. The number of likely N-dealkylation sites (tertiary alicyclic amines) is 1. The van der Waals surface area contributed by atoms with Crippen molar-refractivity contribution in [2.24, 2.45) is 0 Å². The topological polar surface area (TPSA) is 72.6 Å². The molecule has 2 N–H and O–H groups in total. The smallest absolute Gasteiger partial charge is 0.340 e. The van der Waals surface area contributed by atoms with Gasteiger partial charge in [-0.1, -0.05) is 30.5 Å². The summed E-state index contributed by atoms with van der Waals surface area (Å²) in [5.41, 5.74) is 6.12. The molecular weight excluding hydrogens is 292 g/mol. The maximum absolute atomic E-state index is 12.0. The first-order valence-corrected chi connectivity index (χ1v) is 7.46. The number of nitrogens with zero attached hydrogens (tertiary/aromatic N) is 1. The summed E-state index contributed by atoms with van der Waals surface area (Å²) in [6.45, 7) is 1.20. The lowest BCUT2D eigenvalue weighted by atomic mass is 10.2. The van der Waals surface area contributed by atoms with Gasteiger partial charge in [-0.05, 0) is 25.0 Å². The average Bonchev–Trinajstić information content (AvgIpc) is 2.76. The van der Waals surface area contributed by atoms with Crippen LogP contribution in [0.25, 0.3) is 0 Å². The van der Waals surface area contributed by atoms with E-state index in [0.717, 1.165) is 38.8 Å². The van der Waals surface area contributed by atoms with Crippen molar-refractivity contribution in [2.75, 3.05) is 25.4 Å². The van der Waals surface area contributed by atoms with Gasteiger partial charge in [0.1, 0.15) is 0 Å². The zero-order valence-corrected chi connectivity index (χ0v) is 12.6. The van der Waals surface area contributed by atoms with Gasteiger partial charge in [0.15, 0.2) is 6.61 Å². The van der Waals surface area contributed by atoms with Crippen molar-refractivity contribution in [3.63, 3.8) is 0 Å². The van der Waals surface area contributed by atoms with E-state index in [9.17, 15) is 9.59 Å². The molecule has 0 spiro atoms. The van der Waals surface area contributed by atoms with Gasteiger partial charge in [0, 0.05) is 13.1 Å². The molecule has 1 aromatic rings. The molecule has 6 heteroatoms. The lowest BCUT2D eigenvalue weighted by molar-refractivity contribution is -0.134. The minimum Gasteiger partial charge on any atom is -0.452 e. The molecule has 1 fully saturated rings. The third-order valence-electron chi connectivity index (χ3n) is 3.53. The highest BCUT2D eigenvalue weighted by Gasteiger charge is 2.19. The number of amides is 1. The molecule has 0 radical (unpaired) electrons. The molecule has 114 valence electrons. The van der Waals surface area contributed by atoms with E-state index in [1.807, 2.05) is 0 Å². The highest BCUT2D eigenvalue weighted by atomic mass is 35.5. The monoisotopic (exact) mass is 310 g/mol. The molecule has 1 aromatic carbocycles. The van der Waals surface area contributed by atoms with Gasteiger partial charge in [-0.25, -0.2) is 4.79 Å². The highest BCUT2D eigenvalue weighted by molar-refractivity contribution is 6.36. The lowest BCUT2D eigenvalue weighted by Crippen LogP contribution is -2.35. The number of ether oxygens (including phenoxy) is 1. The standard InChI is InChI=1S/C15H19ClN2O3/c16-14-11(6-5-7-12(14)17)15(20)21-10-13(19)18-8-3-1-2-4-9-18/h5-7H,1-4,8-10,17H2. The van der Waals surface area contributed by atoms with Crippen LogP contribution in [0.1, 0.15) is 36.0 Å². The van der Waals surface area contributed by atoms with Crippen molar-refractivity contribution in [3.8, 4) is 0 Å². The second kappa shape index (κ2) is 7.31. The van der Waals surface area contributed by atoms with Crippen LogP contribution >= 0.6 is 11.6 Å². The SMILES string of the molecule is Nc1cccc(C(=O)OCC(=O)N2CCCCCC2)c1Cl. The van der Waals surface area contributed by atoms with Gasteiger partial charge in [0.05, 0.1) is 16.3 Å². The Balaban J connectivity index is 1.91. The molecule has 1 amide bonds. The lowest BCUT2D eigenvalue weighted by Gasteiger charge is -2.20. The summed E-state index contributed by atoms with van der Waals surface area (Å²) in [5, 5.41) is 0.157. The van der Waals surface area contributed by atoms with Crippen LogP contribution in [-0.4, -0.2) is 36.5 Å². The van der Waals surface area contributed by atoms with Crippen LogP contribution in [0.15, 0.2) is 18.2 Å². The second-order valence-corrected chi connectivity index (χ2v) is 5.46. The molecule has 0 atom stereocenters. The number of anilines is 1. The minimum absolute atomic E-state index is 0.157. The molecule has 1 heterocycles. The molecule has 0 saturated carbocycles. The zero-order chi connectivity index (χ0) is 15.2. The first-order chi connectivity index (χ1) is 10.1. The van der Waals surface area contributed by atoms with Crippen molar-refractivity contribution in [1.29, 1.82) is 0 Å². The van der Waals surface area contributed by atoms with Crippen LogP contribution in [0.4, 0.5) is 5.69 Å². The molecule has 0 unspecified atom stereocenters. The van der Waals surface area contributed by atoms with Gasteiger partial charge in [0.25, 0.3) is 5.91 Å². The van der Waals surface area contributed by atoms with Crippen LogP contribution in [0, 0.1) is 0 Å². The Hall–Kier alpha value is -1.75. The maximum atomic E-state index is 12.0. The quantitative estimate of drug-likeness (QED) is 0.687. The van der Waals surface area contributed by atoms with Gasteiger partial charge in [-0.2, -0.15) is 0 Å². The van der Waals surface area contributed by atoms with Crippen molar-refractivity contribution < 1.29 is 14.3 Å². The van der Waals surface area contributed by atoms with Gasteiger partial charge >= 0.3 is 5.97 Å². The van der Waals surface area contributed by atoms with Gasteiger partial charge in [0.2, 0.25) is 0 Å². The predicted octanol–water partition coefficient (Wildman–Crippen LogP) is 2.48. The number of nitrogens with two attached hydrogens (primary N) is 1. The number of carbonyl (C=O) groups excluding carboxylic acids is 2. The number of esters is 1. The summed E-state index contributed by atoms with van der Waals surface area (Å²) in [6.07, 6.45) is 4.28. The third-order valence-corrected chi connectivity index (χ3v) is 3.96. The van der Waals surface area contributed by atoms with Crippen molar-refractivity contribution >= 4 is 29.2 Å². The van der Waals surface area contributed by atoms with E-state index in [0.29, 0.717) is 5.69 Å². The largest absolute Gasteiger partial charge is 0.452 e. The molecule has 21 heavy (non-hydrogen) atoms. The fraction of sp³-hybridized carbons (Fsp3) is 0.467. The van der Waals surface area contributed by atoms with E-state index < -0.39 is 5.97 Å². The Labute approximate surface area is 129 Å². The van der Waals surface area contributed by atoms with Crippen LogP contribution in [-0.2, 0) is 9.53 Å². The first-order valence-electron chi connectivity index (χ1n) is 7.08. The predicted molar refractivity (Wildman–Crippen MR) is 81.2 cm³/mol. The first kappa shape index (κ1) is 15.6. The van der Waals surface area contributed by atoms with Crippen LogP contribution in [0.3, 0.4) is 0 Å². The summed E-state index contributed by atoms with van der Waals surface area (Å²) in [5.74, 6) is -0.791. The second-order valence-electron chi connectivity index (χ2n) is 5.08. The molecule has 1 saturated heterocycles. The number of carbonyl (C=O) groups is 2. The van der Waals surface area contributed by atoms with E-state index >= 15 is 0 Å². The van der Waals surface area contributed by atoms with E-state index in [1.54, 1.807) is 17.0 Å². The van der Waals surface area contributed by atoms with E-state index in [2.05, 4.69) is 0 Å². The summed E-state index contributed by atoms with van der Waals surface area (Å²) in [6, 6.07) is 4.74. The number of nitrogen functional groups attached to an aromatic ring is 1. The van der Waals surface area contributed by atoms with Gasteiger partial charge < -0.3 is 15.4 Å². The number of hydrogen-bond donors (Lipinski definition) is 1. The minimum atomic E-state index is -0.629. The Morgan fingerprint density at radius 3 is 2.52 bits per heavy atom. The van der Waals surface area contributed by atoms with E-state index in [-0.39, 0.29) is 23.1 Å². The zero-order valence-electron chi connectivity index (χ0n) is 11.8. The Morgan fingerprint density at radius 1 is 1.19 bits per heavy atom. The van der Waals surface area contributed by atoms with Gasteiger partial charge in [-0.3, -0.25) is 4.79 Å². The summed E-state index contributed by atoms with van der Waals surface area (Å²) < 4.78 is 5.05. The van der Waals surface area contributed by atoms with Crippen LogP contribution in [0.2, 0.25) is 5.02 Å². The fourth-order valence-electron chi connectivity index (χ4n) is 2.32. The van der Waals surface area contributed by atoms with Crippen molar-refractivity contribution in [2.45, 2.75) is 25.7 Å². The highest BCUT2D eigenvalue weighted by Crippen LogP contribution is 2.23. The maximum Gasteiger partial charge on any atom is 0.340 e. The Morgan fingerprint density at radius 2 is 1.86 bits per heavy atom. The summed E-state index contributed by atoms with van der Waals surface area (Å²) in [7, 11) is 0. The summed E-state index contributed by atoms with van der Waals surface area (Å²) in [4.78, 5) is 25.7. The molecule has 0 aliphatic carbocycles. The normalized spacial score (nSPS) is 15.4. The molecule has 0 aromatic heterocycles. The van der Waals surface area contributed by atoms with Gasteiger partial charge in [-0.15, -0.1) is 0 Å². The molecule has 5 nitrogen and oxygen atoms in total. The molecule has 1 aliphatic heterocycles. The van der Waals surface area contributed by atoms with Crippen LogP contribution < -0.4 is 5.73 Å². The fourth-order valence-corrected chi connectivity index (χ4v) is 2.53. The number of halogens is 1. The molecular formula is C15H19ClN2O3. The summed E-state index contributed by atoms with van der Waals surface area (Å²) >= 11 is 5.95. The molecule has 1 aliphatic rings. The average molecular weight is 311 g/mol.